The van der Waals surface area contributed by atoms with Gasteiger partial charge in [0.15, 0.2) is 5.11 Å². The molecule has 160 valence electrons. The molecule has 1 fully saturated rings. The molecule has 2 aromatic rings. The Hall–Kier alpha value is -2.64. The van der Waals surface area contributed by atoms with Crippen LogP contribution in [0, 0.1) is 0 Å². The van der Waals surface area contributed by atoms with E-state index >= 15 is 0 Å². The molecule has 7 heteroatoms. The molecule has 0 radical (unpaired) electrons. The van der Waals surface area contributed by atoms with Gasteiger partial charge in [-0.2, -0.15) is 0 Å². The van der Waals surface area contributed by atoms with E-state index < -0.39 is 0 Å². The highest BCUT2D eigenvalue weighted by Gasteiger charge is 2.15. The van der Waals surface area contributed by atoms with Gasteiger partial charge in [-0.3, -0.25) is 10.1 Å². The molecule has 2 aromatic carbocycles. The summed E-state index contributed by atoms with van der Waals surface area (Å²) >= 11 is 5.30. The van der Waals surface area contributed by atoms with Crippen molar-refractivity contribution in [2.45, 2.75) is 20.3 Å². The summed E-state index contributed by atoms with van der Waals surface area (Å²) < 4.78 is 5.54. The lowest BCUT2D eigenvalue weighted by atomic mass is 10.2. The summed E-state index contributed by atoms with van der Waals surface area (Å²) in [5, 5.41) is 6.07. The molecule has 2 N–H and O–H groups in total. The van der Waals surface area contributed by atoms with Gasteiger partial charge in [-0.05, 0) is 73.7 Å². The predicted molar refractivity (Wildman–Crippen MR) is 127 cm³/mol. The Balaban J connectivity index is 1.49. The number of benzene rings is 2. The highest BCUT2D eigenvalue weighted by atomic mass is 32.1. The lowest BCUT2D eigenvalue weighted by Gasteiger charge is -2.35. The monoisotopic (exact) mass is 426 g/mol. The fourth-order valence-electron chi connectivity index (χ4n) is 3.34. The van der Waals surface area contributed by atoms with E-state index in [1.165, 1.54) is 5.69 Å². The number of hydrogen-bond donors (Lipinski definition) is 2. The first-order valence-electron chi connectivity index (χ1n) is 10.5. The number of thiocarbonyl (C=S) groups is 1. The minimum absolute atomic E-state index is 0.250. The van der Waals surface area contributed by atoms with Crippen molar-refractivity contribution in [2.24, 2.45) is 0 Å². The van der Waals surface area contributed by atoms with Crippen LogP contribution in [0.1, 0.15) is 30.6 Å². The number of anilines is 2. The van der Waals surface area contributed by atoms with Crippen molar-refractivity contribution in [3.8, 4) is 5.75 Å². The van der Waals surface area contributed by atoms with E-state index in [2.05, 4.69) is 46.4 Å². The molecule has 0 atom stereocenters. The highest BCUT2D eigenvalue weighted by molar-refractivity contribution is 7.80. The zero-order valence-electron chi connectivity index (χ0n) is 17.7. The number of nitrogens with one attached hydrogen (secondary N) is 2. The van der Waals surface area contributed by atoms with Gasteiger partial charge in [0.2, 0.25) is 0 Å². The lowest BCUT2D eigenvalue weighted by molar-refractivity contribution is 0.0977. The normalized spacial score (nSPS) is 14.3. The van der Waals surface area contributed by atoms with E-state index in [1.54, 1.807) is 24.3 Å². The van der Waals surface area contributed by atoms with Crippen molar-refractivity contribution in [3.05, 3.63) is 54.1 Å². The van der Waals surface area contributed by atoms with E-state index in [4.69, 9.17) is 17.0 Å². The van der Waals surface area contributed by atoms with E-state index in [0.717, 1.165) is 50.6 Å². The molecule has 3 rings (SSSR count). The summed E-state index contributed by atoms with van der Waals surface area (Å²) in [6.45, 7) is 10.3. The average Bonchev–Trinajstić information content (AvgIpc) is 2.78. The van der Waals surface area contributed by atoms with Crippen LogP contribution in [0.25, 0.3) is 0 Å². The maximum atomic E-state index is 12.4. The summed E-state index contributed by atoms with van der Waals surface area (Å²) in [6.07, 6.45) is 0.943. The van der Waals surface area contributed by atoms with Crippen LogP contribution in [0.2, 0.25) is 0 Å². The number of hydrogen-bond acceptors (Lipinski definition) is 5. The molecule has 0 bridgehead atoms. The second-order valence-corrected chi connectivity index (χ2v) is 7.66. The first kappa shape index (κ1) is 22.1. The van der Waals surface area contributed by atoms with E-state index in [-0.39, 0.29) is 11.0 Å². The van der Waals surface area contributed by atoms with Crippen LogP contribution in [-0.2, 0) is 0 Å². The van der Waals surface area contributed by atoms with Gasteiger partial charge in [-0.25, -0.2) is 0 Å². The van der Waals surface area contributed by atoms with Crippen LogP contribution in [-0.4, -0.2) is 55.3 Å². The molecule has 1 amide bonds. The van der Waals surface area contributed by atoms with E-state index in [9.17, 15) is 4.79 Å². The maximum absolute atomic E-state index is 12.4. The zero-order chi connectivity index (χ0) is 21.3. The first-order valence-corrected chi connectivity index (χ1v) is 10.9. The molecular weight excluding hydrogens is 396 g/mol. The summed E-state index contributed by atoms with van der Waals surface area (Å²) in [6, 6.07) is 15.2. The molecule has 30 heavy (non-hydrogen) atoms. The SMILES string of the molecule is CCCOc1ccc(C(=O)NC(=S)Nc2ccc(N3CCN(CC)CC3)cc2)cc1. The Morgan fingerprint density at radius 1 is 1.00 bits per heavy atom. The summed E-state index contributed by atoms with van der Waals surface area (Å²) in [4.78, 5) is 17.2. The second-order valence-electron chi connectivity index (χ2n) is 7.25. The van der Waals surface area contributed by atoms with Crippen LogP contribution >= 0.6 is 12.2 Å². The van der Waals surface area contributed by atoms with Crippen LogP contribution < -0.4 is 20.3 Å². The molecule has 0 aliphatic carbocycles. The number of carbonyl (C=O) groups is 1. The molecule has 1 aliphatic heterocycles. The minimum atomic E-state index is -0.250. The molecule has 1 saturated heterocycles. The largest absolute Gasteiger partial charge is 0.494 e. The highest BCUT2D eigenvalue weighted by Crippen LogP contribution is 2.19. The van der Waals surface area contributed by atoms with Gasteiger partial charge in [0.1, 0.15) is 5.75 Å². The number of likely N-dealkylation sites (N-methyl/N-ethyl adjacent to an activating group) is 1. The number of rotatable bonds is 7. The summed E-state index contributed by atoms with van der Waals surface area (Å²) in [5.74, 6) is 0.505. The standard InChI is InChI=1S/C23H30N4O2S/c1-3-17-29-21-11-5-18(6-12-21)22(28)25-23(30)24-19-7-9-20(10-8-19)27-15-13-26(4-2)14-16-27/h5-12H,3-4,13-17H2,1-2H3,(H2,24,25,28,30). The number of amides is 1. The van der Waals surface area contributed by atoms with Crippen molar-refractivity contribution >= 4 is 34.6 Å². The molecule has 1 heterocycles. The fraction of sp³-hybridized carbons (Fsp3) is 0.391. The molecule has 0 spiro atoms. The number of nitrogens with zero attached hydrogens (tertiary/aromatic N) is 2. The smallest absolute Gasteiger partial charge is 0.257 e. The Kier molecular flexibility index (Phi) is 8.04. The molecule has 0 saturated carbocycles. The van der Waals surface area contributed by atoms with Crippen molar-refractivity contribution in [1.29, 1.82) is 0 Å². The molecule has 0 unspecified atom stereocenters. The third kappa shape index (κ3) is 6.18. The van der Waals surface area contributed by atoms with Crippen LogP contribution in [0.3, 0.4) is 0 Å². The minimum Gasteiger partial charge on any atom is -0.494 e. The summed E-state index contributed by atoms with van der Waals surface area (Å²) in [5.41, 5.74) is 2.58. The quantitative estimate of drug-likeness (QED) is 0.658. The van der Waals surface area contributed by atoms with Gasteiger partial charge in [0, 0.05) is 43.1 Å². The van der Waals surface area contributed by atoms with Crippen molar-refractivity contribution in [2.75, 3.05) is 49.5 Å². The van der Waals surface area contributed by atoms with Crippen molar-refractivity contribution in [1.82, 2.24) is 10.2 Å². The van der Waals surface area contributed by atoms with E-state index in [0.29, 0.717) is 12.2 Å². The predicted octanol–water partition coefficient (Wildman–Crippen LogP) is 3.74. The summed E-state index contributed by atoms with van der Waals surface area (Å²) in [7, 11) is 0. The van der Waals surface area contributed by atoms with Gasteiger partial charge in [-0.1, -0.05) is 13.8 Å². The average molecular weight is 427 g/mol. The van der Waals surface area contributed by atoms with Gasteiger partial charge < -0.3 is 19.9 Å². The fourth-order valence-corrected chi connectivity index (χ4v) is 3.55. The maximum Gasteiger partial charge on any atom is 0.257 e. The third-order valence-electron chi connectivity index (χ3n) is 5.13. The zero-order valence-corrected chi connectivity index (χ0v) is 18.5. The van der Waals surface area contributed by atoms with E-state index in [1.807, 2.05) is 12.1 Å². The molecule has 1 aliphatic rings. The number of ether oxygens (including phenoxy) is 1. The van der Waals surface area contributed by atoms with Crippen LogP contribution in [0.5, 0.6) is 5.75 Å². The van der Waals surface area contributed by atoms with Gasteiger partial charge in [0.25, 0.3) is 5.91 Å². The first-order chi connectivity index (χ1) is 14.6. The Bertz CT molecular complexity index is 831. The van der Waals surface area contributed by atoms with Gasteiger partial charge in [0.05, 0.1) is 6.61 Å². The van der Waals surface area contributed by atoms with Gasteiger partial charge in [-0.15, -0.1) is 0 Å². The number of piperazine rings is 1. The van der Waals surface area contributed by atoms with Crippen molar-refractivity contribution in [3.63, 3.8) is 0 Å². The number of carbonyl (C=O) groups excluding carboxylic acids is 1. The molecule has 6 nitrogen and oxygen atoms in total. The van der Waals surface area contributed by atoms with Gasteiger partial charge >= 0.3 is 0 Å². The Labute approximate surface area is 184 Å². The lowest BCUT2D eigenvalue weighted by Crippen LogP contribution is -2.46. The molecular formula is C23H30N4O2S. The molecule has 0 aromatic heterocycles. The van der Waals surface area contributed by atoms with Crippen molar-refractivity contribution < 1.29 is 9.53 Å². The third-order valence-corrected chi connectivity index (χ3v) is 5.33. The van der Waals surface area contributed by atoms with Crippen LogP contribution in [0.15, 0.2) is 48.5 Å². The Morgan fingerprint density at radius 3 is 2.27 bits per heavy atom. The Morgan fingerprint density at radius 2 is 1.67 bits per heavy atom. The second kappa shape index (κ2) is 10.9. The topological polar surface area (TPSA) is 56.8 Å². The van der Waals surface area contributed by atoms with Crippen LogP contribution in [0.4, 0.5) is 11.4 Å².